The lowest BCUT2D eigenvalue weighted by molar-refractivity contribution is -0.187. The van der Waals surface area contributed by atoms with Gasteiger partial charge >= 0.3 is 0 Å². The summed E-state index contributed by atoms with van der Waals surface area (Å²) in [5, 5.41) is 38.3. The molecule has 0 aromatic rings. The molecule has 0 aromatic heterocycles. The minimum Gasteiger partial charge on any atom is -0.378 e. The quantitative estimate of drug-likeness (QED) is 0.0433. The molecule has 11 saturated carbocycles. The molecule has 38 unspecified atom stereocenters. The predicted octanol–water partition coefficient (Wildman–Crippen LogP) is 15.1. The summed E-state index contributed by atoms with van der Waals surface area (Å²) in [5.74, 6) is 12.6. The van der Waals surface area contributed by atoms with Gasteiger partial charge in [0.05, 0.1) is 86.0 Å². The van der Waals surface area contributed by atoms with Crippen LogP contribution in [-0.4, -0.2) is 126 Å². The average molecular weight is 1390 g/mol. The minimum absolute atomic E-state index is 0.00295. The molecule has 14 heteroatoms. The van der Waals surface area contributed by atoms with E-state index in [1.807, 2.05) is 0 Å². The Morgan fingerprint density at radius 1 is 0.220 bits per heavy atom. The van der Waals surface area contributed by atoms with Gasteiger partial charge in [-0.2, -0.15) is 0 Å². The van der Waals surface area contributed by atoms with Gasteiger partial charge < -0.3 is 28.4 Å². The SMILES string of the molecule is CCCCOC1C2CCCCC2C(C)C2C3NC(NC4NC(NC5NC(NC6NC(N3)C3C(OCCCC)C7CC8CCCCC8CC7C(OCCCC)C63)C3C(C)C6CC7CCCCC7CC6C(OCCCC)C53)C3C(OCCCC)C5CC6CCCCC6CC5C(OCCCC)C43)C12. The summed E-state index contributed by atoms with van der Waals surface area (Å²) < 4.78 is 47.1. The number of nitrogens with one attached hydrogen (secondary N) is 8. The highest BCUT2D eigenvalue weighted by Gasteiger charge is 2.69. The highest BCUT2D eigenvalue weighted by molar-refractivity contribution is 5.20. The average Bonchev–Trinajstić information content (AvgIpc) is 1.51. The maximum atomic E-state index is 7.88. The molecule has 5 aliphatic heterocycles. The van der Waals surface area contributed by atoms with Crippen molar-refractivity contribution in [3.63, 3.8) is 0 Å². The summed E-state index contributed by atoms with van der Waals surface area (Å²) in [5.41, 5.74) is 0. The van der Waals surface area contributed by atoms with E-state index in [-0.39, 0.29) is 121 Å². The van der Waals surface area contributed by atoms with Crippen LogP contribution >= 0.6 is 0 Å². The van der Waals surface area contributed by atoms with Gasteiger partial charge in [0.2, 0.25) is 0 Å². The number of hydrogen-bond donors (Lipinski definition) is 8. The molecule has 14 nitrogen and oxygen atoms in total. The van der Waals surface area contributed by atoms with Crippen molar-refractivity contribution in [1.82, 2.24) is 42.5 Å². The molecule has 8 N–H and O–H groups in total. The third kappa shape index (κ3) is 14.1. The van der Waals surface area contributed by atoms with Crippen molar-refractivity contribution in [2.75, 3.05) is 39.6 Å². The van der Waals surface area contributed by atoms with Crippen LogP contribution in [0.25, 0.3) is 0 Å². The number of ether oxygens (including phenoxy) is 6. The molecule has 5 saturated heterocycles. The maximum Gasteiger partial charge on any atom is 0.0667 e. The van der Waals surface area contributed by atoms with Crippen molar-refractivity contribution in [1.29, 1.82) is 0 Å². The summed E-state index contributed by atoms with van der Waals surface area (Å²) in [4.78, 5) is 0. The summed E-state index contributed by atoms with van der Waals surface area (Å²) in [6.07, 6.45) is 44.9. The Kier molecular flexibility index (Phi) is 24.5. The van der Waals surface area contributed by atoms with Crippen molar-refractivity contribution in [3.05, 3.63) is 0 Å². The standard InChI is InChI=1S/C86H150N8O6/c1-9-15-37-95-73-58-36-28-27-35-57(58)49(7)65-67(73)81-87-79(65)89-83-69-70(76(98-40-18-12-4)62-46-54-32-24-23-31-53(54)45-61(62)75(69)97-39-17-11-3)84(93-83)90-80-66-50(8)59-43-51-29-21-22-30-52(51)44-60(59)74(96-38-16-10-2)68(66)82(88-80)92-86-72-71(85(91-81)94-86)77(99-41-19-13-5)63-47-55-33-25-26-34-56(55)48-64(63)78(72)100-42-20-14-6/h49-94H,9-48H2,1-8H3. The van der Waals surface area contributed by atoms with E-state index in [9.17, 15) is 0 Å². The third-order valence-electron chi connectivity index (χ3n) is 33.1. The fraction of sp³-hybridized carbons (Fsp3) is 1.00. The molecule has 0 aromatic carbocycles. The highest BCUT2D eigenvalue weighted by atomic mass is 16.5. The Morgan fingerprint density at radius 2 is 0.410 bits per heavy atom. The zero-order chi connectivity index (χ0) is 68.1. The Bertz CT molecular complexity index is 2560. The summed E-state index contributed by atoms with van der Waals surface area (Å²) >= 11 is 0. The highest BCUT2D eigenvalue weighted by Crippen LogP contribution is 2.63. The van der Waals surface area contributed by atoms with Gasteiger partial charge in [-0.3, -0.25) is 42.5 Å². The lowest BCUT2D eigenvalue weighted by Gasteiger charge is -2.57. The molecule has 5 heterocycles. The molecular weight excluding hydrogens is 1240 g/mol. The van der Waals surface area contributed by atoms with Crippen LogP contribution in [0.2, 0.25) is 0 Å². The second-order valence-electron chi connectivity index (χ2n) is 38.0. The monoisotopic (exact) mass is 1390 g/mol. The fourth-order valence-electron chi connectivity index (χ4n) is 28.7. The van der Waals surface area contributed by atoms with Crippen LogP contribution in [-0.2, 0) is 28.4 Å². The van der Waals surface area contributed by atoms with Gasteiger partial charge in [-0.25, -0.2) is 0 Å². The molecule has 16 aliphatic rings. The van der Waals surface area contributed by atoms with Gasteiger partial charge in [0, 0.05) is 75.1 Å². The lowest BCUT2D eigenvalue weighted by Crippen LogP contribution is -2.64. The first-order valence-electron chi connectivity index (χ1n) is 45.0. The first-order chi connectivity index (χ1) is 49.2. The van der Waals surface area contributed by atoms with Crippen molar-refractivity contribution >= 4 is 0 Å². The minimum atomic E-state index is -0.00343. The molecular formula is C86H150N8O6. The second-order valence-corrected chi connectivity index (χ2v) is 38.0. The van der Waals surface area contributed by atoms with E-state index in [1.165, 1.54) is 141 Å². The van der Waals surface area contributed by atoms with Gasteiger partial charge in [0.25, 0.3) is 0 Å². The second kappa shape index (κ2) is 33.3. The topological polar surface area (TPSA) is 152 Å². The van der Waals surface area contributed by atoms with Crippen molar-refractivity contribution in [3.8, 4) is 0 Å². The van der Waals surface area contributed by atoms with E-state index < -0.39 is 0 Å². The van der Waals surface area contributed by atoms with Crippen LogP contribution in [0, 0.1) is 142 Å². The van der Waals surface area contributed by atoms with Crippen LogP contribution < -0.4 is 42.5 Å². The Morgan fingerprint density at radius 3 is 0.670 bits per heavy atom. The van der Waals surface area contributed by atoms with Crippen LogP contribution in [0.5, 0.6) is 0 Å². The molecule has 0 radical (unpaired) electrons. The van der Waals surface area contributed by atoms with Gasteiger partial charge in [-0.1, -0.05) is 184 Å². The third-order valence-corrected chi connectivity index (χ3v) is 33.1. The van der Waals surface area contributed by atoms with E-state index >= 15 is 0 Å². The Labute approximate surface area is 609 Å². The number of hydrogen-bond acceptors (Lipinski definition) is 14. The molecule has 16 fully saturated rings. The summed E-state index contributed by atoms with van der Waals surface area (Å²) in [6.45, 7) is 24.8. The van der Waals surface area contributed by atoms with Crippen LogP contribution in [0.4, 0.5) is 0 Å². The maximum absolute atomic E-state index is 7.88. The molecule has 0 spiro atoms. The van der Waals surface area contributed by atoms with Crippen molar-refractivity contribution in [2.45, 2.75) is 360 Å². The van der Waals surface area contributed by atoms with Gasteiger partial charge in [0.1, 0.15) is 0 Å². The van der Waals surface area contributed by atoms with Crippen molar-refractivity contribution < 1.29 is 28.4 Å². The van der Waals surface area contributed by atoms with E-state index in [1.54, 1.807) is 0 Å². The van der Waals surface area contributed by atoms with Crippen molar-refractivity contribution in [2.24, 2.45) is 142 Å². The normalized spacial score (nSPS) is 51.4. The largest absolute Gasteiger partial charge is 0.378 e. The zero-order valence-corrected chi connectivity index (χ0v) is 64.7. The molecule has 16 rings (SSSR count). The van der Waals surface area contributed by atoms with E-state index in [0.717, 1.165) is 152 Å². The summed E-state index contributed by atoms with van der Waals surface area (Å²) in [7, 11) is 0. The Hall–Kier alpha value is -0.560. The molecule has 8 bridgehead atoms. The summed E-state index contributed by atoms with van der Waals surface area (Å²) in [6, 6.07) is 0. The number of rotatable bonds is 24. The fourth-order valence-corrected chi connectivity index (χ4v) is 28.7. The molecule has 11 aliphatic carbocycles. The molecule has 100 heavy (non-hydrogen) atoms. The van der Waals surface area contributed by atoms with E-state index in [2.05, 4.69) is 55.4 Å². The van der Waals surface area contributed by atoms with Crippen LogP contribution in [0.1, 0.15) is 274 Å². The molecule has 570 valence electrons. The molecule has 38 atom stereocenters. The van der Waals surface area contributed by atoms with Gasteiger partial charge in [-0.05, 0) is 196 Å². The van der Waals surface area contributed by atoms with Gasteiger partial charge in [0.15, 0.2) is 0 Å². The lowest BCUT2D eigenvalue weighted by atomic mass is 9.52. The van der Waals surface area contributed by atoms with E-state index in [0.29, 0.717) is 71.0 Å². The zero-order valence-electron chi connectivity index (χ0n) is 64.7. The van der Waals surface area contributed by atoms with Crippen LogP contribution in [0.3, 0.4) is 0 Å². The van der Waals surface area contributed by atoms with E-state index in [4.69, 9.17) is 71.0 Å². The predicted molar refractivity (Wildman–Crippen MR) is 400 cm³/mol. The number of unbranched alkanes of at least 4 members (excludes halogenated alkanes) is 6. The smallest absolute Gasteiger partial charge is 0.0667 e. The number of fused-ring (bicyclic) bond motifs is 27. The molecule has 0 amide bonds. The Balaban J connectivity index is 0.865. The van der Waals surface area contributed by atoms with Crippen LogP contribution in [0.15, 0.2) is 0 Å². The van der Waals surface area contributed by atoms with Gasteiger partial charge in [-0.15, -0.1) is 0 Å². The first-order valence-corrected chi connectivity index (χ1v) is 45.0. The first kappa shape index (κ1) is 73.6.